The van der Waals surface area contributed by atoms with Gasteiger partial charge >= 0.3 is 5.97 Å². The summed E-state index contributed by atoms with van der Waals surface area (Å²) in [5.74, 6) is 1.60. The van der Waals surface area contributed by atoms with Crippen molar-refractivity contribution in [2.75, 3.05) is 4.90 Å². The smallest absolute Gasteiger partial charge is 0.335 e. The maximum Gasteiger partial charge on any atom is 0.335 e. The monoisotopic (exact) mass is 502 g/mol. The molecule has 0 atom stereocenters. The van der Waals surface area contributed by atoms with Crippen LogP contribution in [0.15, 0.2) is 76.7 Å². The van der Waals surface area contributed by atoms with Crippen LogP contribution in [-0.2, 0) is 13.1 Å². The Bertz CT molecular complexity index is 1270. The van der Waals surface area contributed by atoms with Crippen molar-refractivity contribution < 1.29 is 19.1 Å². The van der Waals surface area contributed by atoms with Gasteiger partial charge in [0.25, 0.3) is 0 Å². The van der Waals surface area contributed by atoms with E-state index in [-0.39, 0.29) is 5.56 Å². The highest BCUT2D eigenvalue weighted by molar-refractivity contribution is 7.14. The Labute approximate surface area is 215 Å². The van der Waals surface area contributed by atoms with Crippen molar-refractivity contribution in [3.05, 3.63) is 89.2 Å². The molecule has 1 fully saturated rings. The number of furan rings is 1. The molecule has 2 heterocycles. The summed E-state index contributed by atoms with van der Waals surface area (Å²) in [4.78, 5) is 18.4. The number of ether oxygens (including phenoxy) is 1. The summed E-state index contributed by atoms with van der Waals surface area (Å²) in [6, 6.07) is 19.0. The van der Waals surface area contributed by atoms with E-state index < -0.39 is 5.97 Å². The van der Waals surface area contributed by atoms with Gasteiger partial charge in [0, 0.05) is 17.5 Å². The van der Waals surface area contributed by atoms with Crippen molar-refractivity contribution in [3.63, 3.8) is 0 Å². The SMILES string of the molecule is C[C@H]1CC[C@H](Oc2ccc(-c3csc(N(Cc4cccc(C(=O)O)c4)Cc4ccco4)n3)cc2)CC1. The lowest BCUT2D eigenvalue weighted by molar-refractivity contribution is 0.0696. The molecule has 1 N–H and O–H groups in total. The van der Waals surface area contributed by atoms with Crippen LogP contribution in [-0.4, -0.2) is 22.2 Å². The lowest BCUT2D eigenvalue weighted by Crippen LogP contribution is -2.22. The number of carboxylic acid groups (broad SMARTS) is 1. The van der Waals surface area contributed by atoms with Crippen LogP contribution in [0.1, 0.15) is 54.3 Å². The zero-order valence-corrected chi connectivity index (χ0v) is 21.1. The Balaban J connectivity index is 1.32. The van der Waals surface area contributed by atoms with Gasteiger partial charge in [0.1, 0.15) is 11.5 Å². The van der Waals surface area contributed by atoms with E-state index in [2.05, 4.69) is 29.3 Å². The Morgan fingerprint density at radius 3 is 2.61 bits per heavy atom. The largest absolute Gasteiger partial charge is 0.490 e. The van der Waals surface area contributed by atoms with Crippen LogP contribution >= 0.6 is 11.3 Å². The fourth-order valence-electron chi connectivity index (χ4n) is 4.59. The minimum absolute atomic E-state index is 0.273. The zero-order chi connectivity index (χ0) is 24.9. The molecule has 7 heteroatoms. The van der Waals surface area contributed by atoms with E-state index in [4.69, 9.17) is 14.1 Å². The maximum absolute atomic E-state index is 11.4. The zero-order valence-electron chi connectivity index (χ0n) is 20.3. The summed E-state index contributed by atoms with van der Waals surface area (Å²) >= 11 is 1.56. The molecule has 5 rings (SSSR count). The van der Waals surface area contributed by atoms with Crippen LogP contribution in [0.4, 0.5) is 5.13 Å². The molecule has 0 aliphatic heterocycles. The Kier molecular flexibility index (Phi) is 7.37. The molecule has 0 bridgehead atoms. The lowest BCUT2D eigenvalue weighted by atomic mass is 9.89. The minimum atomic E-state index is -0.934. The number of carbonyl (C=O) groups is 1. The lowest BCUT2D eigenvalue weighted by Gasteiger charge is -2.26. The fourth-order valence-corrected chi connectivity index (χ4v) is 5.43. The summed E-state index contributed by atoms with van der Waals surface area (Å²) < 4.78 is 11.8. The Hall–Kier alpha value is -3.58. The molecule has 0 saturated heterocycles. The van der Waals surface area contributed by atoms with Crippen molar-refractivity contribution in [3.8, 4) is 17.0 Å². The molecular formula is C29H30N2O4S. The van der Waals surface area contributed by atoms with Crippen molar-refractivity contribution in [1.82, 2.24) is 4.98 Å². The van der Waals surface area contributed by atoms with E-state index in [0.717, 1.165) is 52.2 Å². The third kappa shape index (κ3) is 5.97. The van der Waals surface area contributed by atoms with Crippen molar-refractivity contribution >= 4 is 22.4 Å². The highest BCUT2D eigenvalue weighted by Gasteiger charge is 2.20. The number of aromatic carboxylic acids is 1. The van der Waals surface area contributed by atoms with Crippen LogP contribution in [0.25, 0.3) is 11.3 Å². The van der Waals surface area contributed by atoms with Crippen LogP contribution in [0, 0.1) is 5.92 Å². The molecule has 186 valence electrons. The molecule has 1 aliphatic rings. The van der Waals surface area contributed by atoms with E-state index in [9.17, 15) is 9.90 Å². The van der Waals surface area contributed by atoms with Crippen molar-refractivity contribution in [2.45, 2.75) is 51.8 Å². The minimum Gasteiger partial charge on any atom is -0.490 e. The van der Waals surface area contributed by atoms with Crippen LogP contribution in [0.3, 0.4) is 0 Å². The van der Waals surface area contributed by atoms with E-state index >= 15 is 0 Å². The van der Waals surface area contributed by atoms with Crippen LogP contribution < -0.4 is 9.64 Å². The molecule has 2 aromatic carbocycles. The summed E-state index contributed by atoms with van der Waals surface area (Å²) in [6.45, 7) is 3.36. The molecule has 2 aromatic heterocycles. The van der Waals surface area contributed by atoms with E-state index in [1.54, 1.807) is 35.8 Å². The molecule has 36 heavy (non-hydrogen) atoms. The predicted octanol–water partition coefficient (Wildman–Crippen LogP) is 7.27. The maximum atomic E-state index is 11.4. The summed E-state index contributed by atoms with van der Waals surface area (Å²) in [5, 5.41) is 12.3. The van der Waals surface area contributed by atoms with E-state index in [0.29, 0.717) is 19.2 Å². The first-order valence-electron chi connectivity index (χ1n) is 12.4. The van der Waals surface area contributed by atoms with E-state index in [1.807, 2.05) is 30.3 Å². The number of aromatic nitrogens is 1. The topological polar surface area (TPSA) is 75.8 Å². The molecular weight excluding hydrogens is 472 g/mol. The van der Waals surface area contributed by atoms with Crippen LogP contribution in [0.2, 0.25) is 0 Å². The number of hydrogen-bond donors (Lipinski definition) is 1. The molecule has 6 nitrogen and oxygen atoms in total. The molecule has 0 unspecified atom stereocenters. The number of nitrogens with zero attached hydrogens (tertiary/aromatic N) is 2. The normalized spacial score (nSPS) is 17.6. The standard InChI is InChI=1S/C29H30N2O4S/c1-20-7-11-24(12-8-20)35-25-13-9-22(10-14-25)27-19-36-29(30-27)31(18-26-6-3-15-34-26)17-21-4-2-5-23(16-21)28(32)33/h2-6,9-10,13-16,19-20,24H,7-8,11-12,17-18H2,1H3,(H,32,33)/t20-,24-. The summed E-state index contributed by atoms with van der Waals surface area (Å²) in [5.41, 5.74) is 3.11. The first-order valence-corrected chi connectivity index (χ1v) is 13.2. The number of carboxylic acids is 1. The summed E-state index contributed by atoms with van der Waals surface area (Å²) in [6.07, 6.45) is 6.69. The van der Waals surface area contributed by atoms with Gasteiger partial charge in [0.05, 0.1) is 30.2 Å². The molecule has 1 saturated carbocycles. The van der Waals surface area contributed by atoms with E-state index in [1.165, 1.54) is 12.8 Å². The number of rotatable bonds is 9. The summed E-state index contributed by atoms with van der Waals surface area (Å²) in [7, 11) is 0. The van der Waals surface area contributed by atoms with Crippen LogP contribution in [0.5, 0.6) is 5.75 Å². The number of hydrogen-bond acceptors (Lipinski definition) is 6. The average molecular weight is 503 g/mol. The third-order valence-corrected chi connectivity index (χ3v) is 7.55. The highest BCUT2D eigenvalue weighted by Crippen LogP contribution is 2.32. The van der Waals surface area contributed by atoms with Gasteiger partial charge in [-0.3, -0.25) is 0 Å². The molecule has 0 radical (unpaired) electrons. The second-order valence-electron chi connectivity index (χ2n) is 9.48. The number of anilines is 1. The van der Waals surface area contributed by atoms with Gasteiger partial charge in [-0.25, -0.2) is 9.78 Å². The second kappa shape index (κ2) is 11.0. The van der Waals surface area contributed by atoms with Gasteiger partial charge in [0.15, 0.2) is 5.13 Å². The Morgan fingerprint density at radius 1 is 1.08 bits per heavy atom. The van der Waals surface area contributed by atoms with Gasteiger partial charge in [0.2, 0.25) is 0 Å². The number of benzene rings is 2. The third-order valence-electron chi connectivity index (χ3n) is 6.65. The average Bonchev–Trinajstić information content (AvgIpc) is 3.58. The van der Waals surface area contributed by atoms with Gasteiger partial charge in [-0.15, -0.1) is 11.3 Å². The Morgan fingerprint density at radius 2 is 1.89 bits per heavy atom. The predicted molar refractivity (Wildman–Crippen MR) is 142 cm³/mol. The molecule has 0 spiro atoms. The molecule has 0 amide bonds. The van der Waals surface area contributed by atoms with Gasteiger partial charge in [-0.1, -0.05) is 19.1 Å². The quantitative estimate of drug-likeness (QED) is 0.259. The van der Waals surface area contributed by atoms with Crippen molar-refractivity contribution in [1.29, 1.82) is 0 Å². The van der Waals surface area contributed by atoms with Gasteiger partial charge in [-0.2, -0.15) is 0 Å². The molecule has 4 aromatic rings. The first-order chi connectivity index (χ1) is 17.5. The first kappa shape index (κ1) is 24.1. The highest BCUT2D eigenvalue weighted by atomic mass is 32.1. The fraction of sp³-hybridized carbons (Fsp3) is 0.310. The van der Waals surface area contributed by atoms with Gasteiger partial charge < -0.3 is 19.2 Å². The molecule has 1 aliphatic carbocycles. The number of thiazole rings is 1. The second-order valence-corrected chi connectivity index (χ2v) is 10.3. The van der Waals surface area contributed by atoms with Crippen molar-refractivity contribution in [2.24, 2.45) is 5.92 Å². The van der Waals surface area contributed by atoms with Gasteiger partial charge in [-0.05, 0) is 85.7 Å².